The highest BCUT2D eigenvalue weighted by atomic mass is 19.1. The molecule has 16 heavy (non-hydrogen) atoms. The third-order valence-electron chi connectivity index (χ3n) is 1.85. The maximum absolute atomic E-state index is 13.0. The summed E-state index contributed by atoms with van der Waals surface area (Å²) in [5.41, 5.74) is 5.20. The summed E-state index contributed by atoms with van der Waals surface area (Å²) in [4.78, 5) is 0. The van der Waals surface area contributed by atoms with E-state index in [1.807, 2.05) is 13.8 Å². The number of rotatable bonds is 5. The minimum Gasteiger partial charge on any atom is -0.489 e. The molecule has 0 aliphatic rings. The Balaban J connectivity index is 2.53. The van der Waals surface area contributed by atoms with Crippen molar-refractivity contribution in [2.45, 2.75) is 20.0 Å². The van der Waals surface area contributed by atoms with Crippen molar-refractivity contribution in [2.75, 3.05) is 18.9 Å². The van der Waals surface area contributed by atoms with Gasteiger partial charge in [0.25, 0.3) is 0 Å². The van der Waals surface area contributed by atoms with E-state index >= 15 is 0 Å². The first kappa shape index (κ1) is 12.7. The molecule has 1 aromatic carbocycles. The molecule has 0 heterocycles. The molecule has 90 valence electrons. The van der Waals surface area contributed by atoms with Gasteiger partial charge in [-0.15, -0.1) is 0 Å². The van der Waals surface area contributed by atoms with Crippen molar-refractivity contribution in [3.63, 3.8) is 0 Å². The second-order valence-corrected chi connectivity index (χ2v) is 3.57. The van der Waals surface area contributed by atoms with E-state index in [-0.39, 0.29) is 24.1 Å². The van der Waals surface area contributed by atoms with Crippen LogP contribution in [0, 0.1) is 11.6 Å². The molecule has 0 bridgehead atoms. The first-order valence-electron chi connectivity index (χ1n) is 4.99. The van der Waals surface area contributed by atoms with Gasteiger partial charge in [0, 0.05) is 12.1 Å². The smallest absolute Gasteiger partial charge is 0.152 e. The highest BCUT2D eigenvalue weighted by molar-refractivity contribution is 5.53. The Morgan fingerprint density at radius 3 is 2.56 bits per heavy atom. The molecule has 0 amide bonds. The van der Waals surface area contributed by atoms with E-state index in [0.717, 1.165) is 6.07 Å². The Labute approximate surface area is 93.2 Å². The molecule has 2 N–H and O–H groups in total. The van der Waals surface area contributed by atoms with Crippen molar-refractivity contribution in [3.8, 4) is 5.75 Å². The van der Waals surface area contributed by atoms with Crippen molar-refractivity contribution < 1.29 is 18.3 Å². The maximum atomic E-state index is 13.0. The largest absolute Gasteiger partial charge is 0.489 e. The normalized spacial score (nSPS) is 10.8. The van der Waals surface area contributed by atoms with Gasteiger partial charge in [-0.3, -0.25) is 0 Å². The average molecular weight is 231 g/mol. The Bertz CT molecular complexity index is 356. The van der Waals surface area contributed by atoms with E-state index in [2.05, 4.69) is 0 Å². The van der Waals surface area contributed by atoms with E-state index in [0.29, 0.717) is 12.7 Å². The van der Waals surface area contributed by atoms with Crippen molar-refractivity contribution in [3.05, 3.63) is 23.8 Å². The molecule has 0 aliphatic heterocycles. The van der Waals surface area contributed by atoms with Crippen molar-refractivity contribution >= 4 is 5.69 Å². The molecule has 0 aliphatic carbocycles. The van der Waals surface area contributed by atoms with Crippen LogP contribution in [-0.2, 0) is 4.74 Å². The number of hydrogen-bond acceptors (Lipinski definition) is 3. The highest BCUT2D eigenvalue weighted by Crippen LogP contribution is 2.25. The first-order chi connectivity index (χ1) is 7.50. The second kappa shape index (κ2) is 5.65. The standard InChI is InChI=1S/C11H15F2NO2/c1-7(2)15-3-4-16-10-6-8(12)5-9(13)11(10)14/h5-7H,3-4,14H2,1-2H3. The van der Waals surface area contributed by atoms with Gasteiger partial charge < -0.3 is 15.2 Å². The summed E-state index contributed by atoms with van der Waals surface area (Å²) in [6, 6.07) is 1.76. The van der Waals surface area contributed by atoms with Crippen LogP contribution in [0.15, 0.2) is 12.1 Å². The molecule has 1 rings (SSSR count). The third kappa shape index (κ3) is 3.66. The molecule has 3 nitrogen and oxygen atoms in total. The number of nitrogens with two attached hydrogens (primary N) is 1. The zero-order valence-corrected chi connectivity index (χ0v) is 9.30. The van der Waals surface area contributed by atoms with Crippen molar-refractivity contribution in [1.82, 2.24) is 0 Å². The minimum atomic E-state index is -0.820. The zero-order valence-electron chi connectivity index (χ0n) is 9.30. The van der Waals surface area contributed by atoms with Gasteiger partial charge >= 0.3 is 0 Å². The first-order valence-corrected chi connectivity index (χ1v) is 4.99. The fraction of sp³-hybridized carbons (Fsp3) is 0.455. The van der Waals surface area contributed by atoms with Crippen LogP contribution >= 0.6 is 0 Å². The number of anilines is 1. The maximum Gasteiger partial charge on any atom is 0.152 e. The summed E-state index contributed by atoms with van der Waals surface area (Å²) in [6.45, 7) is 4.31. The third-order valence-corrected chi connectivity index (χ3v) is 1.85. The topological polar surface area (TPSA) is 44.5 Å². The molecule has 0 saturated heterocycles. The van der Waals surface area contributed by atoms with Crippen molar-refractivity contribution in [2.24, 2.45) is 0 Å². The quantitative estimate of drug-likeness (QED) is 0.625. The van der Waals surface area contributed by atoms with Crippen LogP contribution in [0.4, 0.5) is 14.5 Å². The molecule has 0 spiro atoms. The highest BCUT2D eigenvalue weighted by Gasteiger charge is 2.09. The van der Waals surface area contributed by atoms with E-state index in [4.69, 9.17) is 15.2 Å². The summed E-state index contributed by atoms with van der Waals surface area (Å²) in [7, 11) is 0. The van der Waals surface area contributed by atoms with Gasteiger partial charge in [0.2, 0.25) is 0 Å². The van der Waals surface area contributed by atoms with E-state index < -0.39 is 11.6 Å². The molecule has 0 aromatic heterocycles. The summed E-state index contributed by atoms with van der Waals surface area (Å²) < 4.78 is 36.2. The van der Waals surface area contributed by atoms with Gasteiger partial charge in [-0.1, -0.05) is 0 Å². The van der Waals surface area contributed by atoms with Crippen LogP contribution in [0.3, 0.4) is 0 Å². The fourth-order valence-corrected chi connectivity index (χ4v) is 1.12. The predicted molar refractivity (Wildman–Crippen MR) is 57.4 cm³/mol. The molecule has 0 saturated carbocycles. The number of halogens is 2. The Hall–Kier alpha value is -1.36. The molecular weight excluding hydrogens is 216 g/mol. The van der Waals surface area contributed by atoms with Crippen LogP contribution in [-0.4, -0.2) is 19.3 Å². The number of nitrogen functional groups attached to an aromatic ring is 1. The lowest BCUT2D eigenvalue weighted by atomic mass is 10.3. The fourth-order valence-electron chi connectivity index (χ4n) is 1.12. The van der Waals surface area contributed by atoms with Crippen LogP contribution < -0.4 is 10.5 Å². The van der Waals surface area contributed by atoms with E-state index in [1.165, 1.54) is 0 Å². The van der Waals surface area contributed by atoms with Gasteiger partial charge in [0.05, 0.1) is 12.7 Å². The molecular formula is C11H15F2NO2. The summed E-state index contributed by atoms with van der Waals surface area (Å²) in [6.07, 6.45) is 0.0881. The number of hydrogen-bond donors (Lipinski definition) is 1. The molecule has 0 atom stereocenters. The van der Waals surface area contributed by atoms with E-state index in [1.54, 1.807) is 0 Å². The molecule has 5 heteroatoms. The lowest BCUT2D eigenvalue weighted by Gasteiger charge is -2.11. The van der Waals surface area contributed by atoms with Crippen LogP contribution in [0.1, 0.15) is 13.8 Å². The predicted octanol–water partition coefficient (Wildman–Crippen LogP) is 2.35. The van der Waals surface area contributed by atoms with Gasteiger partial charge in [-0.05, 0) is 13.8 Å². The number of ether oxygens (including phenoxy) is 2. The Morgan fingerprint density at radius 2 is 1.94 bits per heavy atom. The molecule has 1 aromatic rings. The average Bonchev–Trinajstić information content (AvgIpc) is 2.19. The second-order valence-electron chi connectivity index (χ2n) is 3.57. The van der Waals surface area contributed by atoms with Crippen LogP contribution in [0.2, 0.25) is 0 Å². The minimum absolute atomic E-state index is 0.00450. The van der Waals surface area contributed by atoms with Gasteiger partial charge in [-0.25, -0.2) is 8.78 Å². The van der Waals surface area contributed by atoms with Crippen molar-refractivity contribution in [1.29, 1.82) is 0 Å². The Kier molecular flexibility index (Phi) is 4.49. The van der Waals surface area contributed by atoms with E-state index in [9.17, 15) is 8.78 Å². The lowest BCUT2D eigenvalue weighted by molar-refractivity contribution is 0.0553. The van der Waals surface area contributed by atoms with Gasteiger partial charge in [0.1, 0.15) is 23.9 Å². The van der Waals surface area contributed by atoms with Gasteiger partial charge in [-0.2, -0.15) is 0 Å². The number of benzene rings is 1. The zero-order chi connectivity index (χ0) is 12.1. The summed E-state index contributed by atoms with van der Waals surface area (Å²) >= 11 is 0. The SMILES string of the molecule is CC(C)OCCOc1cc(F)cc(F)c1N. The van der Waals surface area contributed by atoms with Gasteiger partial charge in [0.15, 0.2) is 5.82 Å². The Morgan fingerprint density at radius 1 is 1.25 bits per heavy atom. The lowest BCUT2D eigenvalue weighted by Crippen LogP contribution is -2.12. The monoisotopic (exact) mass is 231 g/mol. The molecule has 0 radical (unpaired) electrons. The summed E-state index contributed by atoms with van der Waals surface area (Å²) in [5.74, 6) is -1.53. The molecule has 0 fully saturated rings. The summed E-state index contributed by atoms with van der Waals surface area (Å²) in [5, 5.41) is 0. The van der Waals surface area contributed by atoms with Crippen LogP contribution in [0.5, 0.6) is 5.75 Å². The van der Waals surface area contributed by atoms with Crippen LogP contribution in [0.25, 0.3) is 0 Å². The molecule has 0 unspecified atom stereocenters.